The van der Waals surface area contributed by atoms with Crippen molar-refractivity contribution in [3.63, 3.8) is 0 Å². The fraction of sp³-hybridized carbons (Fsp3) is 0.222. The number of fused-ring (bicyclic) bond motifs is 1. The molecule has 0 bridgehead atoms. The first-order valence-corrected chi connectivity index (χ1v) is 9.26. The number of hydrogen-bond acceptors (Lipinski definition) is 5. The van der Waals surface area contributed by atoms with Gasteiger partial charge in [0.25, 0.3) is 0 Å². The van der Waals surface area contributed by atoms with Gasteiger partial charge < -0.3 is 9.80 Å². The van der Waals surface area contributed by atoms with Gasteiger partial charge in [0, 0.05) is 36.4 Å². The maximum atomic E-state index is 8.98. The van der Waals surface area contributed by atoms with Gasteiger partial charge in [-0.2, -0.15) is 10.4 Å². The van der Waals surface area contributed by atoms with Crippen molar-refractivity contribution in [3.05, 3.63) is 65.1 Å². The lowest BCUT2D eigenvalue weighted by Gasteiger charge is -2.31. The van der Waals surface area contributed by atoms with Crippen molar-refractivity contribution in [1.82, 2.24) is 19.6 Å². The molecular formula is C18H16ClN5S. The maximum absolute atomic E-state index is 8.98. The minimum Gasteiger partial charge on any atom is -0.343 e. The molecule has 2 atom stereocenters. The van der Waals surface area contributed by atoms with Gasteiger partial charge in [0.2, 0.25) is 0 Å². The summed E-state index contributed by atoms with van der Waals surface area (Å²) in [5.41, 5.74) is 2.57. The molecule has 2 aliphatic rings. The van der Waals surface area contributed by atoms with Crippen molar-refractivity contribution in [1.29, 1.82) is 5.26 Å². The third-order valence-corrected chi connectivity index (χ3v) is 5.66. The van der Waals surface area contributed by atoms with Crippen LogP contribution in [-0.2, 0) is 6.54 Å². The molecule has 0 amide bonds. The minimum atomic E-state index is 0.316. The van der Waals surface area contributed by atoms with E-state index < -0.39 is 0 Å². The lowest BCUT2D eigenvalue weighted by Crippen LogP contribution is -2.39. The van der Waals surface area contributed by atoms with E-state index >= 15 is 0 Å². The third kappa shape index (κ3) is 3.01. The van der Waals surface area contributed by atoms with Crippen molar-refractivity contribution in [2.45, 2.75) is 25.0 Å². The molecule has 0 saturated carbocycles. The largest absolute Gasteiger partial charge is 0.343 e. The molecule has 0 radical (unpaired) electrons. The summed E-state index contributed by atoms with van der Waals surface area (Å²) in [4.78, 5) is 4.54. The molecule has 4 rings (SSSR count). The van der Waals surface area contributed by atoms with Gasteiger partial charge in [-0.1, -0.05) is 29.4 Å². The average Bonchev–Trinajstić information content (AvgIpc) is 3.31. The van der Waals surface area contributed by atoms with Gasteiger partial charge in [0.1, 0.15) is 6.07 Å². The molecule has 1 unspecified atom stereocenters. The van der Waals surface area contributed by atoms with Crippen LogP contribution in [0.25, 0.3) is 11.3 Å². The summed E-state index contributed by atoms with van der Waals surface area (Å²) in [6.07, 6.45) is 8.32. The zero-order valence-corrected chi connectivity index (χ0v) is 15.2. The Morgan fingerprint density at radius 3 is 3.00 bits per heavy atom. The molecule has 0 saturated heterocycles. The standard InChI is InChI=1S/C18H16ClN5S/c1-13(24-7-6-22-8-9-25-18(22)24)12-23-5-4-17(21-23)14-2-3-15(11-20)16(19)10-14/h2-10,13,18H,12H2,1H3/t13?,18-/m1/s1. The first-order valence-electron chi connectivity index (χ1n) is 7.94. The van der Waals surface area contributed by atoms with E-state index in [1.807, 2.05) is 23.0 Å². The molecule has 0 spiro atoms. The maximum Gasteiger partial charge on any atom is 0.158 e. The second-order valence-corrected chi connectivity index (χ2v) is 7.39. The molecule has 0 fully saturated rings. The van der Waals surface area contributed by atoms with E-state index in [2.05, 4.69) is 51.9 Å². The topological polar surface area (TPSA) is 48.1 Å². The Balaban J connectivity index is 1.47. The predicted octanol–water partition coefficient (Wildman–Crippen LogP) is 4.05. The van der Waals surface area contributed by atoms with E-state index in [1.54, 1.807) is 23.9 Å². The number of nitriles is 1. The monoisotopic (exact) mass is 369 g/mol. The van der Waals surface area contributed by atoms with Gasteiger partial charge in [0.15, 0.2) is 5.50 Å². The first kappa shape index (κ1) is 16.1. The molecule has 25 heavy (non-hydrogen) atoms. The molecule has 3 heterocycles. The number of halogens is 1. The molecule has 1 aromatic carbocycles. The molecule has 0 N–H and O–H groups in total. The summed E-state index contributed by atoms with van der Waals surface area (Å²) in [5.74, 6) is 0. The van der Waals surface area contributed by atoms with Crippen molar-refractivity contribution in [2.24, 2.45) is 0 Å². The van der Waals surface area contributed by atoms with Crippen molar-refractivity contribution >= 4 is 23.4 Å². The number of hydrogen-bond donors (Lipinski definition) is 0. The van der Waals surface area contributed by atoms with Gasteiger partial charge >= 0.3 is 0 Å². The Morgan fingerprint density at radius 1 is 1.32 bits per heavy atom. The van der Waals surface area contributed by atoms with Gasteiger partial charge in [-0.15, -0.1) is 0 Å². The van der Waals surface area contributed by atoms with Crippen LogP contribution in [0.1, 0.15) is 12.5 Å². The first-order chi connectivity index (χ1) is 12.2. The lowest BCUT2D eigenvalue weighted by molar-refractivity contribution is 0.208. The number of aromatic nitrogens is 2. The second kappa shape index (κ2) is 6.51. The van der Waals surface area contributed by atoms with Gasteiger partial charge in [-0.3, -0.25) is 4.68 Å². The normalized spacial score (nSPS) is 19.3. The Bertz CT molecular complexity index is 897. The van der Waals surface area contributed by atoms with Crippen LogP contribution >= 0.6 is 23.4 Å². The van der Waals surface area contributed by atoms with Gasteiger partial charge in [-0.25, -0.2) is 0 Å². The van der Waals surface area contributed by atoms with Crippen LogP contribution in [-0.4, -0.2) is 31.1 Å². The fourth-order valence-electron chi connectivity index (χ4n) is 3.01. The fourth-order valence-corrected chi connectivity index (χ4v) is 4.28. The van der Waals surface area contributed by atoms with E-state index in [0.29, 0.717) is 22.1 Å². The van der Waals surface area contributed by atoms with E-state index in [1.165, 1.54) is 0 Å². The molecule has 1 aromatic heterocycles. The molecule has 7 heteroatoms. The summed E-state index contributed by atoms with van der Waals surface area (Å²) in [7, 11) is 0. The van der Waals surface area contributed by atoms with E-state index in [0.717, 1.165) is 17.8 Å². The lowest BCUT2D eigenvalue weighted by atomic mass is 10.1. The highest BCUT2D eigenvalue weighted by molar-refractivity contribution is 8.02. The Kier molecular flexibility index (Phi) is 4.20. The number of nitrogens with zero attached hydrogens (tertiary/aromatic N) is 5. The smallest absolute Gasteiger partial charge is 0.158 e. The third-order valence-electron chi connectivity index (χ3n) is 4.34. The summed E-state index contributed by atoms with van der Waals surface area (Å²) >= 11 is 7.93. The highest BCUT2D eigenvalue weighted by atomic mass is 35.5. The van der Waals surface area contributed by atoms with Gasteiger partial charge in [-0.05, 0) is 30.5 Å². The van der Waals surface area contributed by atoms with Crippen LogP contribution in [0.2, 0.25) is 5.02 Å². The molecule has 0 aliphatic carbocycles. The van der Waals surface area contributed by atoms with Crippen LogP contribution in [0.5, 0.6) is 0 Å². The Labute approximate surface area is 155 Å². The SMILES string of the molecule is CC(Cn1ccc(-c2ccc(C#N)c(Cl)c2)n1)N1C=CN2C=CS[C@H]21. The quantitative estimate of drug-likeness (QED) is 0.813. The zero-order valence-electron chi connectivity index (χ0n) is 13.6. The highest BCUT2D eigenvalue weighted by Gasteiger charge is 2.31. The number of benzene rings is 1. The van der Waals surface area contributed by atoms with Crippen LogP contribution in [0.4, 0.5) is 0 Å². The minimum absolute atomic E-state index is 0.316. The van der Waals surface area contributed by atoms with Crippen LogP contribution in [0, 0.1) is 11.3 Å². The number of thioether (sulfide) groups is 1. The van der Waals surface area contributed by atoms with E-state index in [4.69, 9.17) is 16.9 Å². The van der Waals surface area contributed by atoms with Crippen molar-refractivity contribution < 1.29 is 0 Å². The second-order valence-electron chi connectivity index (χ2n) is 6.02. The summed E-state index contributed by atoms with van der Waals surface area (Å²) < 4.78 is 1.95. The van der Waals surface area contributed by atoms with Gasteiger partial charge in [0.05, 0.1) is 22.8 Å². The van der Waals surface area contributed by atoms with Crippen molar-refractivity contribution in [3.8, 4) is 17.3 Å². The van der Waals surface area contributed by atoms with E-state index in [-0.39, 0.29) is 0 Å². The van der Waals surface area contributed by atoms with Crippen LogP contribution in [0.15, 0.2) is 54.5 Å². The molecular weight excluding hydrogens is 354 g/mol. The molecule has 2 aliphatic heterocycles. The summed E-state index contributed by atoms with van der Waals surface area (Å²) in [5, 5.41) is 16.2. The molecule has 2 aromatic rings. The van der Waals surface area contributed by atoms with Crippen LogP contribution < -0.4 is 0 Å². The average molecular weight is 370 g/mol. The van der Waals surface area contributed by atoms with E-state index in [9.17, 15) is 0 Å². The molecule has 5 nitrogen and oxygen atoms in total. The highest BCUT2D eigenvalue weighted by Crippen LogP contribution is 2.34. The van der Waals surface area contributed by atoms with Crippen molar-refractivity contribution in [2.75, 3.05) is 0 Å². The summed E-state index contributed by atoms with van der Waals surface area (Å²) in [6, 6.07) is 9.76. The Morgan fingerprint density at radius 2 is 2.20 bits per heavy atom. The number of rotatable bonds is 4. The zero-order chi connectivity index (χ0) is 17.4. The Hall–Kier alpha value is -2.36. The molecule has 126 valence electrons. The summed E-state index contributed by atoms with van der Waals surface area (Å²) in [6.45, 7) is 2.99. The predicted molar refractivity (Wildman–Crippen MR) is 100 cm³/mol. The van der Waals surface area contributed by atoms with Crippen LogP contribution in [0.3, 0.4) is 0 Å².